The van der Waals surface area contributed by atoms with Gasteiger partial charge in [0, 0.05) is 11.1 Å². The van der Waals surface area contributed by atoms with Crippen LogP contribution in [0.25, 0.3) is 16.6 Å². The molecule has 6 aromatic rings. The molecule has 48 heavy (non-hydrogen) atoms. The van der Waals surface area contributed by atoms with Gasteiger partial charge < -0.3 is 23.9 Å². The Balaban J connectivity index is 1.20. The fraction of sp³-hybridized carbons (Fsp3) is 0.171. The minimum absolute atomic E-state index is 0.0503. The highest BCUT2D eigenvalue weighted by Crippen LogP contribution is 2.33. The zero-order chi connectivity index (χ0) is 32.5. The average Bonchev–Trinajstić information content (AvgIpc) is 3.58. The zero-order valence-electron chi connectivity index (χ0n) is 26.4. The van der Waals surface area contributed by atoms with E-state index in [2.05, 4.69) is 4.98 Å². The molecule has 7 heteroatoms. The molecule has 0 amide bonds. The van der Waals surface area contributed by atoms with Gasteiger partial charge in [-0.3, -0.25) is 4.79 Å². The number of carbonyl (C=O) groups is 1. The van der Waals surface area contributed by atoms with Crippen LogP contribution in [0.4, 0.5) is 0 Å². The van der Waals surface area contributed by atoms with Gasteiger partial charge in [0.1, 0.15) is 24.1 Å². The van der Waals surface area contributed by atoms with Crippen LogP contribution in [-0.2, 0) is 38.8 Å². The summed E-state index contributed by atoms with van der Waals surface area (Å²) < 4.78 is 25.9. The van der Waals surface area contributed by atoms with E-state index in [4.69, 9.17) is 23.9 Å². The molecule has 0 saturated carbocycles. The summed E-state index contributed by atoms with van der Waals surface area (Å²) in [5.74, 6) is 0.537. The van der Waals surface area contributed by atoms with Gasteiger partial charge in [-0.25, -0.2) is 4.98 Å². The van der Waals surface area contributed by atoms with Crippen molar-refractivity contribution in [1.29, 1.82) is 0 Å². The fourth-order valence-corrected chi connectivity index (χ4v) is 5.82. The number of H-pyrrole nitrogens is 1. The molecule has 2 heterocycles. The largest absolute Gasteiger partial charge is 0.492 e. The van der Waals surface area contributed by atoms with E-state index in [1.807, 2.05) is 140 Å². The van der Waals surface area contributed by atoms with Crippen molar-refractivity contribution >= 4 is 22.4 Å². The van der Waals surface area contributed by atoms with Crippen LogP contribution in [0.15, 0.2) is 146 Å². The fourth-order valence-electron chi connectivity index (χ4n) is 5.82. The van der Waals surface area contributed by atoms with E-state index in [9.17, 15) is 4.79 Å². The van der Waals surface area contributed by atoms with E-state index in [0.717, 1.165) is 33.3 Å². The number of rotatable bonds is 13. The lowest BCUT2D eigenvalue weighted by Gasteiger charge is -2.37. The first-order chi connectivity index (χ1) is 23.7. The average molecular weight is 637 g/mol. The standard InChI is InChI=1S/C41H36N2O5/c44-38(32-19-11-4-12-20-32)33-21-22-35-36(23-33)43-41(42-35)34-27-46-37(28-45-24-29-13-5-1-6-14-29)40(48-26-31-17-9-3-10-18-31)39(34)47-25-30-15-7-2-8-16-30/h1-23,27,37,39-40H,24-26,28H2,(H,42,43)/t37-,39-,40+/m1/s1. The Labute approximate surface area is 279 Å². The molecule has 1 aliphatic rings. The molecule has 0 spiro atoms. The number of hydrogen-bond donors (Lipinski definition) is 1. The van der Waals surface area contributed by atoms with Crippen LogP contribution in [0, 0.1) is 0 Å². The third-order valence-corrected chi connectivity index (χ3v) is 8.35. The van der Waals surface area contributed by atoms with E-state index >= 15 is 0 Å². The molecular formula is C41H36N2O5. The van der Waals surface area contributed by atoms with Crippen LogP contribution in [0.3, 0.4) is 0 Å². The predicted octanol–water partition coefficient (Wildman–Crippen LogP) is 7.92. The lowest BCUT2D eigenvalue weighted by molar-refractivity contribution is -0.143. The van der Waals surface area contributed by atoms with Crippen LogP contribution in [0.5, 0.6) is 0 Å². The molecule has 0 radical (unpaired) electrons. The molecule has 1 aromatic heterocycles. The van der Waals surface area contributed by atoms with Gasteiger partial charge in [0.15, 0.2) is 5.78 Å². The molecule has 7 rings (SSSR count). The molecule has 1 aliphatic heterocycles. The van der Waals surface area contributed by atoms with Gasteiger partial charge in [0.2, 0.25) is 0 Å². The SMILES string of the molecule is O=C(c1ccccc1)c1ccc2nc(C3=CO[C@H](COCc4ccccc4)[C@H](OCc4ccccc4)[C@@H]3OCc3ccccc3)[nH]c2c1. The number of aromatic nitrogens is 2. The highest BCUT2D eigenvalue weighted by molar-refractivity contribution is 6.10. The van der Waals surface area contributed by atoms with Crippen molar-refractivity contribution in [3.63, 3.8) is 0 Å². The summed E-state index contributed by atoms with van der Waals surface area (Å²) in [7, 11) is 0. The number of ether oxygens (including phenoxy) is 4. The molecule has 0 aliphatic carbocycles. The Bertz CT molecular complexity index is 1960. The molecule has 0 fully saturated rings. The van der Waals surface area contributed by atoms with E-state index in [-0.39, 0.29) is 5.78 Å². The molecule has 5 aromatic carbocycles. The molecule has 0 unspecified atom stereocenters. The molecule has 3 atom stereocenters. The van der Waals surface area contributed by atoms with Crippen molar-refractivity contribution in [2.45, 2.75) is 38.1 Å². The second-order valence-corrected chi connectivity index (χ2v) is 11.7. The first-order valence-electron chi connectivity index (χ1n) is 16.1. The minimum atomic E-state index is -0.543. The predicted molar refractivity (Wildman–Crippen MR) is 185 cm³/mol. The van der Waals surface area contributed by atoms with Crippen LogP contribution in [-0.4, -0.2) is 40.7 Å². The number of imidazole rings is 1. The smallest absolute Gasteiger partial charge is 0.193 e. The highest BCUT2D eigenvalue weighted by Gasteiger charge is 2.40. The van der Waals surface area contributed by atoms with Crippen molar-refractivity contribution < 1.29 is 23.7 Å². The lowest BCUT2D eigenvalue weighted by atomic mass is 9.97. The van der Waals surface area contributed by atoms with E-state index < -0.39 is 18.3 Å². The van der Waals surface area contributed by atoms with Gasteiger partial charge in [-0.1, -0.05) is 121 Å². The van der Waals surface area contributed by atoms with Crippen LogP contribution >= 0.6 is 0 Å². The van der Waals surface area contributed by atoms with E-state index in [0.29, 0.717) is 43.4 Å². The van der Waals surface area contributed by atoms with Crippen molar-refractivity contribution in [2.75, 3.05) is 6.61 Å². The van der Waals surface area contributed by atoms with Crippen LogP contribution in [0.1, 0.15) is 38.4 Å². The summed E-state index contributed by atoms with van der Waals surface area (Å²) in [6.45, 7) is 1.48. The maximum absolute atomic E-state index is 13.2. The Hall–Kier alpha value is -5.34. The Morgan fingerprint density at radius 3 is 1.90 bits per heavy atom. The third-order valence-electron chi connectivity index (χ3n) is 8.35. The lowest BCUT2D eigenvalue weighted by Crippen LogP contribution is -2.47. The number of hydrogen-bond acceptors (Lipinski definition) is 6. The minimum Gasteiger partial charge on any atom is -0.492 e. The van der Waals surface area contributed by atoms with Gasteiger partial charge >= 0.3 is 0 Å². The number of aromatic amines is 1. The zero-order valence-corrected chi connectivity index (χ0v) is 26.4. The van der Waals surface area contributed by atoms with Gasteiger partial charge in [0.05, 0.1) is 49.3 Å². The topological polar surface area (TPSA) is 82.7 Å². The molecule has 0 saturated heterocycles. The van der Waals surface area contributed by atoms with E-state index in [1.165, 1.54) is 0 Å². The molecule has 240 valence electrons. The second kappa shape index (κ2) is 15.0. The van der Waals surface area contributed by atoms with Gasteiger partial charge in [-0.05, 0) is 34.9 Å². The Morgan fingerprint density at radius 1 is 0.667 bits per heavy atom. The third kappa shape index (κ3) is 7.45. The van der Waals surface area contributed by atoms with Crippen LogP contribution in [0.2, 0.25) is 0 Å². The summed E-state index contributed by atoms with van der Waals surface area (Å²) in [6.07, 6.45) is 0.205. The molecule has 0 bridgehead atoms. The van der Waals surface area contributed by atoms with Crippen molar-refractivity contribution in [1.82, 2.24) is 9.97 Å². The maximum atomic E-state index is 13.2. The van der Waals surface area contributed by atoms with Crippen LogP contribution < -0.4 is 0 Å². The number of nitrogens with one attached hydrogen (secondary N) is 1. The number of carbonyl (C=O) groups excluding carboxylic acids is 1. The maximum Gasteiger partial charge on any atom is 0.193 e. The molecule has 7 nitrogen and oxygen atoms in total. The number of ketones is 1. The Morgan fingerprint density at radius 2 is 1.25 bits per heavy atom. The summed E-state index contributed by atoms with van der Waals surface area (Å²) in [5, 5.41) is 0. The monoisotopic (exact) mass is 636 g/mol. The van der Waals surface area contributed by atoms with Gasteiger partial charge in [-0.2, -0.15) is 0 Å². The van der Waals surface area contributed by atoms with E-state index in [1.54, 1.807) is 6.26 Å². The van der Waals surface area contributed by atoms with Crippen molar-refractivity contribution in [3.8, 4) is 0 Å². The first-order valence-corrected chi connectivity index (χ1v) is 16.1. The van der Waals surface area contributed by atoms with Gasteiger partial charge in [-0.15, -0.1) is 0 Å². The molecular weight excluding hydrogens is 600 g/mol. The number of nitrogens with zero attached hydrogens (tertiary/aromatic N) is 1. The first kappa shape index (κ1) is 31.3. The summed E-state index contributed by atoms with van der Waals surface area (Å²) in [4.78, 5) is 21.5. The number of benzene rings is 5. The van der Waals surface area contributed by atoms with Crippen molar-refractivity contribution in [3.05, 3.63) is 179 Å². The summed E-state index contributed by atoms with van der Waals surface area (Å²) in [5.41, 5.74) is 6.56. The van der Waals surface area contributed by atoms with Crippen molar-refractivity contribution in [2.24, 2.45) is 0 Å². The number of fused-ring (bicyclic) bond motifs is 1. The Kier molecular flexibility index (Phi) is 9.80. The molecule has 1 N–H and O–H groups in total. The quantitative estimate of drug-likeness (QED) is 0.130. The highest BCUT2D eigenvalue weighted by atomic mass is 16.6. The second-order valence-electron chi connectivity index (χ2n) is 11.7. The normalized spacial score (nSPS) is 17.5. The van der Waals surface area contributed by atoms with Gasteiger partial charge in [0.25, 0.3) is 0 Å². The summed E-state index contributed by atoms with van der Waals surface area (Å²) in [6, 6.07) is 44.9. The summed E-state index contributed by atoms with van der Waals surface area (Å²) >= 11 is 0.